The van der Waals surface area contributed by atoms with Crippen LogP contribution in [-0.2, 0) is 9.47 Å². The lowest BCUT2D eigenvalue weighted by Crippen LogP contribution is -2.64. The predicted molar refractivity (Wildman–Crippen MR) is 103 cm³/mol. The summed E-state index contributed by atoms with van der Waals surface area (Å²) < 4.78 is 12.4. The van der Waals surface area contributed by atoms with Crippen molar-refractivity contribution >= 4 is 11.6 Å². The third-order valence-corrected chi connectivity index (χ3v) is 8.28. The second kappa shape index (κ2) is 7.90. The van der Waals surface area contributed by atoms with Crippen LogP contribution < -0.4 is 16.4 Å². The van der Waals surface area contributed by atoms with E-state index in [0.29, 0.717) is 19.2 Å². The van der Waals surface area contributed by atoms with Crippen LogP contribution in [0.5, 0.6) is 0 Å². The van der Waals surface area contributed by atoms with Gasteiger partial charge in [0.1, 0.15) is 24.5 Å². The number of halogens is 1. The molecule has 1 aliphatic carbocycles. The summed E-state index contributed by atoms with van der Waals surface area (Å²) in [7, 11) is 0. The van der Waals surface area contributed by atoms with Gasteiger partial charge in [0.15, 0.2) is 0 Å². The maximum Gasteiger partial charge on any atom is 0.141 e. The molecule has 28 heavy (non-hydrogen) atoms. The lowest BCUT2D eigenvalue weighted by Gasteiger charge is -2.45. The summed E-state index contributed by atoms with van der Waals surface area (Å²) in [6.07, 6.45) is 1.84. The van der Waals surface area contributed by atoms with E-state index in [4.69, 9.17) is 26.8 Å². The highest BCUT2D eigenvalue weighted by Crippen LogP contribution is 2.45. The highest BCUT2D eigenvalue weighted by atomic mass is 35.5. The van der Waals surface area contributed by atoms with Crippen LogP contribution in [0.25, 0.3) is 0 Å². The molecule has 0 radical (unpaired) electrons. The number of hydrogen-bond acceptors (Lipinski definition) is 8. The monoisotopic (exact) mass is 416 g/mol. The molecule has 11 atom stereocenters. The normalized spacial score (nSPS) is 55.1. The quantitative estimate of drug-likeness (QED) is 0.377. The number of likely N-dealkylation sites (tertiary alicyclic amines) is 1. The zero-order valence-electron chi connectivity index (χ0n) is 16.1. The van der Waals surface area contributed by atoms with Crippen LogP contribution in [0.1, 0.15) is 32.1 Å². The highest BCUT2D eigenvalue weighted by molar-refractivity contribution is 6.20. The van der Waals surface area contributed by atoms with E-state index in [2.05, 4.69) is 15.5 Å². The number of nitrogens with two attached hydrogens (primary N) is 1. The Morgan fingerprint density at radius 1 is 0.964 bits per heavy atom. The van der Waals surface area contributed by atoms with Gasteiger partial charge in [-0.15, -0.1) is 11.6 Å². The van der Waals surface area contributed by atoms with E-state index in [9.17, 15) is 10.2 Å². The van der Waals surface area contributed by atoms with Gasteiger partial charge in [-0.05, 0) is 37.5 Å². The van der Waals surface area contributed by atoms with Crippen molar-refractivity contribution in [3.63, 3.8) is 0 Å². The molecule has 0 aromatic carbocycles. The Bertz CT molecular complexity index is 574. The molecule has 160 valence electrons. The van der Waals surface area contributed by atoms with Gasteiger partial charge < -0.3 is 25.4 Å². The molecule has 5 fully saturated rings. The molecule has 0 aromatic rings. The molecular formula is C19H33ClN4O4. The zero-order valence-corrected chi connectivity index (χ0v) is 16.9. The zero-order chi connectivity index (χ0) is 19.4. The van der Waals surface area contributed by atoms with Crippen LogP contribution in [0.4, 0.5) is 0 Å². The summed E-state index contributed by atoms with van der Waals surface area (Å²) in [6, 6.07) is 0. The minimum absolute atomic E-state index is 0.0452. The fourth-order valence-electron chi connectivity index (χ4n) is 6.29. The summed E-state index contributed by atoms with van der Waals surface area (Å²) in [6.45, 7) is 2.04. The van der Waals surface area contributed by atoms with Crippen molar-refractivity contribution in [2.75, 3.05) is 19.8 Å². The van der Waals surface area contributed by atoms with E-state index in [-0.39, 0.29) is 35.6 Å². The summed E-state index contributed by atoms with van der Waals surface area (Å²) in [5, 5.41) is 28.6. The topological polar surface area (TPSA) is 112 Å². The number of nitrogens with one attached hydrogen (secondary N) is 2. The van der Waals surface area contributed by atoms with Crippen molar-refractivity contribution < 1.29 is 19.7 Å². The maximum absolute atomic E-state index is 10.9. The van der Waals surface area contributed by atoms with E-state index in [0.717, 1.165) is 38.6 Å². The molecule has 9 heteroatoms. The molecule has 8 nitrogen and oxygen atoms in total. The van der Waals surface area contributed by atoms with Gasteiger partial charge in [0, 0.05) is 31.1 Å². The fraction of sp³-hybridized carbons (Fsp3) is 1.00. The number of fused-ring (bicyclic) bond motifs is 2. The molecular weight excluding hydrogens is 384 g/mol. The average molecular weight is 417 g/mol. The van der Waals surface area contributed by atoms with Crippen molar-refractivity contribution in [2.24, 2.45) is 23.5 Å². The van der Waals surface area contributed by atoms with Crippen LogP contribution in [0.3, 0.4) is 0 Å². The Morgan fingerprint density at radius 2 is 1.82 bits per heavy atom. The molecule has 0 amide bonds. The van der Waals surface area contributed by atoms with Crippen molar-refractivity contribution in [1.29, 1.82) is 0 Å². The highest BCUT2D eigenvalue weighted by Gasteiger charge is 2.56. The van der Waals surface area contributed by atoms with Crippen molar-refractivity contribution in [3.05, 3.63) is 0 Å². The van der Waals surface area contributed by atoms with Crippen LogP contribution in [-0.4, -0.2) is 83.3 Å². The third-order valence-electron chi connectivity index (χ3n) is 7.73. The fourth-order valence-corrected chi connectivity index (χ4v) is 6.75. The number of aliphatic hydroxyl groups excluding tert-OH is 2. The first-order valence-corrected chi connectivity index (χ1v) is 11.3. The van der Waals surface area contributed by atoms with Gasteiger partial charge in [-0.2, -0.15) is 0 Å². The smallest absolute Gasteiger partial charge is 0.141 e. The van der Waals surface area contributed by atoms with E-state index >= 15 is 0 Å². The summed E-state index contributed by atoms with van der Waals surface area (Å²) in [5.41, 5.74) is 6.21. The van der Waals surface area contributed by atoms with Crippen LogP contribution in [0, 0.1) is 17.8 Å². The molecule has 6 N–H and O–H groups in total. The predicted octanol–water partition coefficient (Wildman–Crippen LogP) is -0.671. The van der Waals surface area contributed by atoms with E-state index in [1.54, 1.807) is 0 Å². The van der Waals surface area contributed by atoms with Crippen molar-refractivity contribution in [1.82, 2.24) is 15.5 Å². The number of nitrogens with zero attached hydrogens (tertiary/aromatic N) is 1. The van der Waals surface area contributed by atoms with E-state index in [1.807, 2.05) is 0 Å². The summed E-state index contributed by atoms with van der Waals surface area (Å²) >= 11 is 6.61. The van der Waals surface area contributed by atoms with Gasteiger partial charge in [-0.25, -0.2) is 0 Å². The van der Waals surface area contributed by atoms with Gasteiger partial charge in [0.25, 0.3) is 0 Å². The molecule has 1 saturated carbocycles. The molecule has 4 saturated heterocycles. The molecule has 0 aromatic heterocycles. The first-order chi connectivity index (χ1) is 13.6. The molecule has 0 bridgehead atoms. The molecule has 5 aliphatic rings. The van der Waals surface area contributed by atoms with E-state index < -0.39 is 24.5 Å². The van der Waals surface area contributed by atoms with Gasteiger partial charge in [-0.1, -0.05) is 6.42 Å². The Balaban J connectivity index is 1.32. The molecule has 6 unspecified atom stereocenters. The number of alkyl halides is 1. The number of hydrogen-bond donors (Lipinski definition) is 5. The van der Waals surface area contributed by atoms with E-state index in [1.165, 1.54) is 0 Å². The van der Waals surface area contributed by atoms with Gasteiger partial charge >= 0.3 is 0 Å². The average Bonchev–Trinajstić information content (AvgIpc) is 3.25. The van der Waals surface area contributed by atoms with Crippen molar-refractivity contribution in [2.45, 2.75) is 80.5 Å². The third kappa shape index (κ3) is 3.21. The summed E-state index contributed by atoms with van der Waals surface area (Å²) in [4.78, 5) is 2.13. The van der Waals surface area contributed by atoms with Crippen LogP contribution in [0.2, 0.25) is 0 Å². The largest absolute Gasteiger partial charge is 0.387 e. The van der Waals surface area contributed by atoms with Gasteiger partial charge in [-0.3, -0.25) is 15.5 Å². The van der Waals surface area contributed by atoms with Crippen molar-refractivity contribution in [3.8, 4) is 0 Å². The Hall–Kier alpha value is -0.0300. The van der Waals surface area contributed by atoms with Crippen LogP contribution >= 0.6 is 11.6 Å². The Morgan fingerprint density at radius 3 is 2.68 bits per heavy atom. The maximum atomic E-state index is 10.9. The number of rotatable bonds is 2. The lowest BCUT2D eigenvalue weighted by molar-refractivity contribution is -0.174. The van der Waals surface area contributed by atoms with Gasteiger partial charge in [0.2, 0.25) is 0 Å². The molecule has 0 spiro atoms. The summed E-state index contributed by atoms with van der Waals surface area (Å²) in [5.74, 6) is 0.945. The minimum Gasteiger partial charge on any atom is -0.387 e. The molecule has 4 heterocycles. The standard InChI is InChI=1S/C19H33ClN4O4/c20-12-3-1-2-10-9(12)5-7-27-15(10)16-13(25)14(26)19(28-16)24-6-4-11-17(21)22-8-23-18(11)24/h9-19,22-23,25-26H,1-8,21H2/t9?,10?,11?,12?,13-,14+,15+,16-,17?,18?,19+/m0/s1. The Kier molecular flexibility index (Phi) is 5.62. The molecule has 5 rings (SSSR count). The van der Waals surface area contributed by atoms with Crippen LogP contribution in [0.15, 0.2) is 0 Å². The number of ether oxygens (including phenoxy) is 2. The second-order valence-corrected chi connectivity index (χ2v) is 9.68. The lowest BCUT2D eigenvalue weighted by atomic mass is 9.71. The second-order valence-electron chi connectivity index (χ2n) is 9.12. The first kappa shape index (κ1) is 19.9. The Labute approximate surface area is 171 Å². The van der Waals surface area contributed by atoms with Gasteiger partial charge in [0.05, 0.1) is 18.4 Å². The number of aliphatic hydroxyl groups is 2. The molecule has 4 aliphatic heterocycles. The first-order valence-electron chi connectivity index (χ1n) is 10.8. The minimum atomic E-state index is -0.962. The SMILES string of the molecule is NC1NCNC2C1CCN2[C@@H]1O[C@H]([C@@H]2OCCC3C(Cl)CCCC32)[C@@H](O)[C@H]1O.